The van der Waals surface area contributed by atoms with E-state index >= 15 is 0 Å². The Morgan fingerprint density at radius 2 is 1.57 bits per heavy atom. The number of benzene rings is 2. The van der Waals surface area contributed by atoms with Gasteiger partial charge in [0.05, 0.1) is 10.9 Å². The fourth-order valence-corrected chi connectivity index (χ4v) is 3.00. The highest BCUT2D eigenvalue weighted by Crippen LogP contribution is 2.16. The predicted molar refractivity (Wildman–Crippen MR) is 89.6 cm³/mol. The smallest absolute Gasteiger partial charge is 0.251 e. The summed E-state index contributed by atoms with van der Waals surface area (Å²) in [5.74, 6) is -0.241. The van der Waals surface area contributed by atoms with Crippen molar-refractivity contribution in [2.45, 2.75) is 17.9 Å². The van der Waals surface area contributed by atoms with Gasteiger partial charge in [-0.2, -0.15) is 0 Å². The van der Waals surface area contributed by atoms with Crippen molar-refractivity contribution >= 4 is 15.9 Å². The van der Waals surface area contributed by atoms with E-state index in [2.05, 4.69) is 5.32 Å². The van der Waals surface area contributed by atoms with Gasteiger partial charge >= 0.3 is 0 Å². The van der Waals surface area contributed by atoms with E-state index in [1.807, 2.05) is 37.3 Å². The minimum absolute atomic E-state index is 0.131. The molecule has 2 aromatic rings. The summed E-state index contributed by atoms with van der Waals surface area (Å²) in [7, 11) is -0.544. The summed E-state index contributed by atoms with van der Waals surface area (Å²) in [6, 6.07) is 15.4. The topological polar surface area (TPSA) is 66.5 Å². The fraction of sp³-hybridized carbons (Fsp3) is 0.235. The summed E-state index contributed by atoms with van der Waals surface area (Å²) in [5, 5.41) is 2.89. The van der Waals surface area contributed by atoms with Crippen LogP contribution >= 0.6 is 0 Å². The van der Waals surface area contributed by atoms with E-state index in [-0.39, 0.29) is 16.8 Å². The van der Waals surface area contributed by atoms with Gasteiger partial charge < -0.3 is 5.32 Å². The van der Waals surface area contributed by atoms with Crippen LogP contribution in [0.2, 0.25) is 0 Å². The summed E-state index contributed by atoms with van der Waals surface area (Å²) in [6.45, 7) is 1.90. The standard InChI is InChI=1S/C17H20N2O3S/c1-13(14-7-5-4-6-8-14)18-17(20)15-9-11-16(12-10-15)23(21,22)19(2)3/h4-13H,1-3H3,(H,18,20)/t13-/m0/s1. The van der Waals surface area contributed by atoms with E-state index in [4.69, 9.17) is 0 Å². The van der Waals surface area contributed by atoms with E-state index in [1.165, 1.54) is 38.4 Å². The van der Waals surface area contributed by atoms with Crippen LogP contribution in [0.25, 0.3) is 0 Å². The van der Waals surface area contributed by atoms with Gasteiger partial charge in [-0.15, -0.1) is 0 Å². The molecule has 1 N–H and O–H groups in total. The van der Waals surface area contributed by atoms with Crippen molar-refractivity contribution < 1.29 is 13.2 Å². The van der Waals surface area contributed by atoms with Crippen molar-refractivity contribution in [3.8, 4) is 0 Å². The average molecular weight is 332 g/mol. The maximum atomic E-state index is 12.3. The van der Waals surface area contributed by atoms with Crippen LogP contribution in [0.3, 0.4) is 0 Å². The number of carbonyl (C=O) groups is 1. The molecule has 6 heteroatoms. The summed E-state index contributed by atoms with van der Waals surface area (Å²) in [5.41, 5.74) is 1.43. The Morgan fingerprint density at radius 3 is 2.09 bits per heavy atom. The van der Waals surface area contributed by atoms with Gasteiger partial charge in [-0.3, -0.25) is 4.79 Å². The Bertz CT molecular complexity index is 769. The Morgan fingerprint density at radius 1 is 1.00 bits per heavy atom. The molecule has 0 saturated carbocycles. The maximum Gasteiger partial charge on any atom is 0.251 e. The van der Waals surface area contributed by atoms with Gasteiger partial charge in [-0.05, 0) is 36.8 Å². The van der Waals surface area contributed by atoms with Crippen LogP contribution in [0.4, 0.5) is 0 Å². The largest absolute Gasteiger partial charge is 0.346 e. The monoisotopic (exact) mass is 332 g/mol. The van der Waals surface area contributed by atoms with Gasteiger partial charge in [0.2, 0.25) is 10.0 Å². The normalized spacial score (nSPS) is 12.9. The molecule has 0 aromatic heterocycles. The lowest BCUT2D eigenvalue weighted by Crippen LogP contribution is -2.27. The van der Waals surface area contributed by atoms with Gasteiger partial charge in [0, 0.05) is 19.7 Å². The lowest BCUT2D eigenvalue weighted by molar-refractivity contribution is 0.0940. The first-order valence-corrected chi connectivity index (χ1v) is 8.65. The third-order valence-electron chi connectivity index (χ3n) is 3.54. The summed E-state index contributed by atoms with van der Waals surface area (Å²) in [4.78, 5) is 12.4. The highest BCUT2D eigenvalue weighted by atomic mass is 32.2. The van der Waals surface area contributed by atoms with E-state index < -0.39 is 10.0 Å². The quantitative estimate of drug-likeness (QED) is 0.914. The second-order valence-electron chi connectivity index (χ2n) is 5.42. The van der Waals surface area contributed by atoms with E-state index in [9.17, 15) is 13.2 Å². The van der Waals surface area contributed by atoms with Crippen LogP contribution < -0.4 is 5.32 Å². The predicted octanol–water partition coefficient (Wildman–Crippen LogP) is 2.43. The van der Waals surface area contributed by atoms with Gasteiger partial charge in [0.15, 0.2) is 0 Å². The third-order valence-corrected chi connectivity index (χ3v) is 5.37. The molecule has 5 nitrogen and oxygen atoms in total. The first-order valence-electron chi connectivity index (χ1n) is 7.21. The van der Waals surface area contributed by atoms with Crippen LogP contribution in [-0.4, -0.2) is 32.7 Å². The Kier molecular flexibility index (Phi) is 5.18. The second kappa shape index (κ2) is 6.93. The number of nitrogens with zero attached hydrogens (tertiary/aromatic N) is 1. The second-order valence-corrected chi connectivity index (χ2v) is 7.57. The number of hydrogen-bond acceptors (Lipinski definition) is 3. The molecule has 0 heterocycles. The molecule has 23 heavy (non-hydrogen) atoms. The van der Waals surface area contributed by atoms with E-state index in [0.717, 1.165) is 9.87 Å². The third kappa shape index (κ3) is 3.97. The Balaban J connectivity index is 2.12. The molecular weight excluding hydrogens is 312 g/mol. The molecule has 0 unspecified atom stereocenters. The Hall–Kier alpha value is -2.18. The number of hydrogen-bond donors (Lipinski definition) is 1. The number of rotatable bonds is 5. The van der Waals surface area contributed by atoms with Crippen molar-refractivity contribution in [1.82, 2.24) is 9.62 Å². The van der Waals surface area contributed by atoms with Crippen LogP contribution in [0.5, 0.6) is 0 Å². The van der Waals surface area contributed by atoms with Crippen LogP contribution in [0, 0.1) is 0 Å². The van der Waals surface area contributed by atoms with E-state index in [0.29, 0.717) is 5.56 Å². The highest BCUT2D eigenvalue weighted by molar-refractivity contribution is 7.89. The molecule has 2 aromatic carbocycles. The average Bonchev–Trinajstić information content (AvgIpc) is 2.55. The lowest BCUT2D eigenvalue weighted by atomic mass is 10.1. The zero-order valence-corrected chi connectivity index (χ0v) is 14.2. The Labute approximate surface area is 137 Å². The first kappa shape index (κ1) is 17.2. The van der Waals surface area contributed by atoms with Crippen LogP contribution in [-0.2, 0) is 10.0 Å². The fourth-order valence-electron chi connectivity index (χ4n) is 2.09. The van der Waals surface area contributed by atoms with Gasteiger partial charge in [0.1, 0.15) is 0 Å². The van der Waals surface area contributed by atoms with Crippen LogP contribution in [0.1, 0.15) is 28.9 Å². The minimum Gasteiger partial charge on any atom is -0.346 e. The molecule has 0 bridgehead atoms. The molecule has 0 saturated heterocycles. The number of carbonyl (C=O) groups excluding carboxylic acids is 1. The van der Waals surface area contributed by atoms with Crippen molar-refractivity contribution in [2.24, 2.45) is 0 Å². The summed E-state index contributed by atoms with van der Waals surface area (Å²) >= 11 is 0. The minimum atomic E-state index is -3.48. The molecule has 1 amide bonds. The molecule has 0 spiro atoms. The van der Waals surface area contributed by atoms with Crippen molar-refractivity contribution in [3.05, 3.63) is 65.7 Å². The van der Waals surface area contributed by atoms with Crippen molar-refractivity contribution in [1.29, 1.82) is 0 Å². The number of amides is 1. The molecule has 0 aliphatic rings. The molecule has 0 aliphatic carbocycles. The SMILES string of the molecule is C[C@H](NC(=O)c1ccc(S(=O)(=O)N(C)C)cc1)c1ccccc1. The van der Waals surface area contributed by atoms with Gasteiger partial charge in [-0.25, -0.2) is 12.7 Å². The van der Waals surface area contributed by atoms with Gasteiger partial charge in [0.25, 0.3) is 5.91 Å². The summed E-state index contributed by atoms with van der Waals surface area (Å²) < 4.78 is 25.1. The molecule has 2 rings (SSSR count). The first-order chi connectivity index (χ1) is 10.8. The summed E-state index contributed by atoms with van der Waals surface area (Å²) in [6.07, 6.45) is 0. The molecule has 1 atom stereocenters. The maximum absolute atomic E-state index is 12.3. The molecule has 0 radical (unpaired) electrons. The zero-order chi connectivity index (χ0) is 17.0. The van der Waals surface area contributed by atoms with E-state index in [1.54, 1.807) is 0 Å². The highest BCUT2D eigenvalue weighted by Gasteiger charge is 2.18. The van der Waals surface area contributed by atoms with Gasteiger partial charge in [-0.1, -0.05) is 30.3 Å². The van der Waals surface area contributed by atoms with Crippen LogP contribution in [0.15, 0.2) is 59.5 Å². The molecule has 0 aliphatic heterocycles. The zero-order valence-electron chi connectivity index (χ0n) is 13.4. The number of sulfonamides is 1. The molecular formula is C17H20N2O3S. The lowest BCUT2D eigenvalue weighted by Gasteiger charge is -2.15. The van der Waals surface area contributed by atoms with Crippen molar-refractivity contribution in [2.75, 3.05) is 14.1 Å². The van der Waals surface area contributed by atoms with Crippen molar-refractivity contribution in [3.63, 3.8) is 0 Å². The molecule has 122 valence electrons. The molecule has 0 fully saturated rings. The number of nitrogens with one attached hydrogen (secondary N) is 1.